The predicted molar refractivity (Wildman–Crippen MR) is 77.9 cm³/mol. The normalized spacial score (nSPS) is 18.1. The summed E-state index contributed by atoms with van der Waals surface area (Å²) in [6, 6.07) is 1.72. The number of carboxylic acid groups (broad SMARTS) is 1. The molecule has 108 valence electrons. The van der Waals surface area contributed by atoms with Gasteiger partial charge in [-0.2, -0.15) is 0 Å². The number of halogens is 1. The van der Waals surface area contributed by atoms with Crippen LogP contribution in [0.15, 0.2) is 16.7 Å². The van der Waals surface area contributed by atoms with Gasteiger partial charge in [0.2, 0.25) is 0 Å². The summed E-state index contributed by atoms with van der Waals surface area (Å²) in [4.78, 5) is 31.1. The number of aliphatic carboxylic acids is 1. The van der Waals surface area contributed by atoms with E-state index in [0.29, 0.717) is 24.3 Å². The molecule has 1 aliphatic heterocycles. The monoisotopic (exact) mass is 341 g/mol. The lowest BCUT2D eigenvalue weighted by Gasteiger charge is -2.20. The largest absolute Gasteiger partial charge is 0.481 e. The molecule has 0 unspecified atom stereocenters. The molecule has 1 amide bonds. The first-order valence-corrected chi connectivity index (χ1v) is 7.04. The van der Waals surface area contributed by atoms with Crippen LogP contribution in [-0.4, -0.2) is 54.1 Å². The Kier molecular flexibility index (Phi) is 4.27. The molecule has 1 fully saturated rings. The second-order valence-corrected chi connectivity index (χ2v) is 5.91. The van der Waals surface area contributed by atoms with Crippen LogP contribution in [0.3, 0.4) is 0 Å². The van der Waals surface area contributed by atoms with Crippen molar-refractivity contribution < 1.29 is 14.7 Å². The molecule has 0 aromatic carbocycles. The minimum atomic E-state index is -0.847. The van der Waals surface area contributed by atoms with Crippen LogP contribution in [0, 0.1) is 5.92 Å². The molecule has 7 heteroatoms. The number of rotatable bonds is 3. The number of amides is 1. The third-order valence-corrected chi connectivity index (χ3v) is 3.75. The van der Waals surface area contributed by atoms with Crippen LogP contribution >= 0.6 is 15.9 Å². The molecule has 0 radical (unpaired) electrons. The molecule has 1 aromatic rings. The highest BCUT2D eigenvalue weighted by Crippen LogP contribution is 2.25. The first-order chi connectivity index (χ1) is 9.40. The number of carbonyl (C=O) groups excluding carboxylic acids is 1. The van der Waals surface area contributed by atoms with Gasteiger partial charge >= 0.3 is 5.97 Å². The van der Waals surface area contributed by atoms with E-state index in [2.05, 4.69) is 20.9 Å². The van der Waals surface area contributed by atoms with Gasteiger partial charge in [0, 0.05) is 37.9 Å². The van der Waals surface area contributed by atoms with Crippen molar-refractivity contribution in [2.24, 2.45) is 5.92 Å². The SMILES string of the molecule is CN(C)c1ncc(Br)cc1C(=O)N1CC[C@H](C(=O)O)C1. The first kappa shape index (κ1) is 14.8. The molecule has 0 spiro atoms. The fourth-order valence-electron chi connectivity index (χ4n) is 2.26. The first-order valence-electron chi connectivity index (χ1n) is 6.25. The molecule has 2 rings (SSSR count). The number of aromatic nitrogens is 1. The molecule has 20 heavy (non-hydrogen) atoms. The number of anilines is 1. The minimum Gasteiger partial charge on any atom is -0.481 e. The zero-order valence-electron chi connectivity index (χ0n) is 11.3. The lowest BCUT2D eigenvalue weighted by Crippen LogP contribution is -2.31. The summed E-state index contributed by atoms with van der Waals surface area (Å²) < 4.78 is 0.723. The van der Waals surface area contributed by atoms with E-state index in [0.717, 1.165) is 4.47 Å². The van der Waals surface area contributed by atoms with Gasteiger partial charge in [0.25, 0.3) is 5.91 Å². The number of hydrogen-bond acceptors (Lipinski definition) is 4. The van der Waals surface area contributed by atoms with E-state index in [4.69, 9.17) is 5.11 Å². The van der Waals surface area contributed by atoms with Crippen molar-refractivity contribution in [3.8, 4) is 0 Å². The minimum absolute atomic E-state index is 0.175. The maximum atomic E-state index is 12.5. The van der Waals surface area contributed by atoms with Gasteiger partial charge in [0.05, 0.1) is 11.5 Å². The molecule has 1 atom stereocenters. The highest BCUT2D eigenvalue weighted by atomic mass is 79.9. The Labute approximate surface area is 125 Å². The molecule has 1 aliphatic rings. The van der Waals surface area contributed by atoms with E-state index < -0.39 is 11.9 Å². The van der Waals surface area contributed by atoms with Gasteiger partial charge in [0.1, 0.15) is 5.82 Å². The third kappa shape index (κ3) is 2.92. The second-order valence-electron chi connectivity index (χ2n) is 4.99. The number of carbonyl (C=O) groups is 2. The molecular weight excluding hydrogens is 326 g/mol. The highest BCUT2D eigenvalue weighted by molar-refractivity contribution is 9.10. The van der Waals surface area contributed by atoms with Crippen LogP contribution in [0.5, 0.6) is 0 Å². The third-order valence-electron chi connectivity index (χ3n) is 3.31. The standard InChI is InChI=1S/C13H16BrN3O3/c1-16(2)11-10(5-9(14)6-15-11)12(18)17-4-3-8(7-17)13(19)20/h5-6,8H,3-4,7H2,1-2H3,(H,19,20)/t8-/m0/s1. The number of hydrogen-bond donors (Lipinski definition) is 1. The Balaban J connectivity index is 2.26. The molecule has 1 N–H and O–H groups in total. The van der Waals surface area contributed by atoms with E-state index in [9.17, 15) is 9.59 Å². The van der Waals surface area contributed by atoms with E-state index in [1.807, 2.05) is 14.1 Å². The van der Waals surface area contributed by atoms with Crippen molar-refractivity contribution in [2.45, 2.75) is 6.42 Å². The topological polar surface area (TPSA) is 73.7 Å². The average molecular weight is 342 g/mol. The van der Waals surface area contributed by atoms with Gasteiger partial charge in [-0.3, -0.25) is 9.59 Å². The Morgan fingerprint density at radius 3 is 2.75 bits per heavy atom. The maximum Gasteiger partial charge on any atom is 0.308 e. The molecule has 1 aromatic heterocycles. The summed E-state index contributed by atoms with van der Waals surface area (Å²) in [6.45, 7) is 0.725. The number of nitrogens with zero attached hydrogens (tertiary/aromatic N) is 3. The Hall–Kier alpha value is -1.63. The summed E-state index contributed by atoms with van der Waals surface area (Å²) >= 11 is 3.31. The van der Waals surface area contributed by atoms with Crippen molar-refractivity contribution in [3.63, 3.8) is 0 Å². The van der Waals surface area contributed by atoms with E-state index in [-0.39, 0.29) is 12.5 Å². The Morgan fingerprint density at radius 1 is 1.50 bits per heavy atom. The summed E-state index contributed by atoms with van der Waals surface area (Å²) in [5.41, 5.74) is 0.482. The van der Waals surface area contributed by atoms with Crippen LogP contribution < -0.4 is 4.90 Å². The summed E-state index contributed by atoms with van der Waals surface area (Å²) in [5.74, 6) is -0.911. The van der Waals surface area contributed by atoms with Gasteiger partial charge in [-0.25, -0.2) is 4.98 Å². The van der Waals surface area contributed by atoms with Crippen LogP contribution in [0.1, 0.15) is 16.8 Å². The number of carboxylic acids is 1. The number of pyridine rings is 1. The van der Waals surface area contributed by atoms with Crippen molar-refractivity contribution >= 4 is 33.6 Å². The summed E-state index contributed by atoms with van der Waals surface area (Å²) in [5, 5.41) is 9.00. The molecule has 2 heterocycles. The molecule has 0 saturated carbocycles. The van der Waals surface area contributed by atoms with Crippen LogP contribution in [0.4, 0.5) is 5.82 Å². The molecule has 0 bridgehead atoms. The van der Waals surface area contributed by atoms with E-state index in [1.54, 1.807) is 22.1 Å². The van der Waals surface area contributed by atoms with Gasteiger partial charge < -0.3 is 14.9 Å². The fraction of sp³-hybridized carbons (Fsp3) is 0.462. The van der Waals surface area contributed by atoms with Crippen LogP contribution in [0.25, 0.3) is 0 Å². The maximum absolute atomic E-state index is 12.5. The van der Waals surface area contributed by atoms with Crippen molar-refractivity contribution in [1.82, 2.24) is 9.88 Å². The van der Waals surface area contributed by atoms with Crippen LogP contribution in [0.2, 0.25) is 0 Å². The molecule has 0 aliphatic carbocycles. The Bertz CT molecular complexity index is 548. The molecule has 6 nitrogen and oxygen atoms in total. The second kappa shape index (κ2) is 5.78. The van der Waals surface area contributed by atoms with Gasteiger partial charge in [-0.15, -0.1) is 0 Å². The smallest absolute Gasteiger partial charge is 0.308 e. The zero-order chi connectivity index (χ0) is 14.9. The van der Waals surface area contributed by atoms with E-state index >= 15 is 0 Å². The van der Waals surface area contributed by atoms with E-state index in [1.165, 1.54) is 0 Å². The summed E-state index contributed by atoms with van der Waals surface area (Å²) in [7, 11) is 3.63. The summed E-state index contributed by atoms with van der Waals surface area (Å²) in [6.07, 6.45) is 2.13. The molecule has 1 saturated heterocycles. The van der Waals surface area contributed by atoms with Crippen molar-refractivity contribution in [1.29, 1.82) is 0 Å². The van der Waals surface area contributed by atoms with Gasteiger partial charge in [-0.1, -0.05) is 0 Å². The predicted octanol–water partition coefficient (Wildman–Crippen LogP) is 1.46. The van der Waals surface area contributed by atoms with Gasteiger partial charge in [-0.05, 0) is 28.4 Å². The highest BCUT2D eigenvalue weighted by Gasteiger charge is 2.32. The zero-order valence-corrected chi connectivity index (χ0v) is 12.9. The average Bonchev–Trinajstić information content (AvgIpc) is 2.87. The van der Waals surface area contributed by atoms with Crippen molar-refractivity contribution in [3.05, 3.63) is 22.3 Å². The number of likely N-dealkylation sites (tertiary alicyclic amines) is 1. The van der Waals surface area contributed by atoms with Crippen molar-refractivity contribution in [2.75, 3.05) is 32.1 Å². The van der Waals surface area contributed by atoms with Crippen LogP contribution in [-0.2, 0) is 4.79 Å². The Morgan fingerprint density at radius 2 is 2.20 bits per heavy atom. The lowest BCUT2D eigenvalue weighted by atomic mass is 10.1. The molecular formula is C13H16BrN3O3. The fourth-order valence-corrected chi connectivity index (χ4v) is 2.59. The van der Waals surface area contributed by atoms with Gasteiger partial charge in [0.15, 0.2) is 0 Å². The lowest BCUT2D eigenvalue weighted by molar-refractivity contribution is -0.141. The quantitative estimate of drug-likeness (QED) is 0.900.